The second-order valence-corrected chi connectivity index (χ2v) is 3.85. The van der Waals surface area contributed by atoms with Gasteiger partial charge in [-0.25, -0.2) is 4.39 Å². The second kappa shape index (κ2) is 4.81. The molecule has 1 aromatic carbocycles. The Hall–Kier alpha value is -0.810. The predicted octanol–water partition coefficient (Wildman–Crippen LogP) is 2.66. The molecular formula is C10H12BrFO3. The lowest BCUT2D eigenvalue weighted by Gasteiger charge is -2.16. The summed E-state index contributed by atoms with van der Waals surface area (Å²) in [5.41, 5.74) is 0.0950. The van der Waals surface area contributed by atoms with Crippen LogP contribution >= 0.6 is 15.9 Å². The van der Waals surface area contributed by atoms with Gasteiger partial charge in [-0.3, -0.25) is 0 Å². The van der Waals surface area contributed by atoms with Crippen LogP contribution in [0.2, 0.25) is 0 Å². The van der Waals surface area contributed by atoms with Crippen LogP contribution in [0.4, 0.5) is 4.39 Å². The topological polar surface area (TPSA) is 38.7 Å². The Bertz CT molecular complexity index is 366. The van der Waals surface area contributed by atoms with E-state index in [0.29, 0.717) is 10.2 Å². The van der Waals surface area contributed by atoms with Crippen LogP contribution in [0.1, 0.15) is 18.6 Å². The van der Waals surface area contributed by atoms with E-state index in [0.717, 1.165) is 0 Å². The van der Waals surface area contributed by atoms with Crippen molar-refractivity contribution in [1.82, 2.24) is 0 Å². The fourth-order valence-electron chi connectivity index (χ4n) is 1.38. The van der Waals surface area contributed by atoms with Crippen LogP contribution in [-0.2, 0) is 0 Å². The highest BCUT2D eigenvalue weighted by Gasteiger charge is 2.21. The van der Waals surface area contributed by atoms with Gasteiger partial charge in [0.15, 0.2) is 11.5 Å². The van der Waals surface area contributed by atoms with Gasteiger partial charge in [0, 0.05) is 0 Å². The molecule has 0 spiro atoms. The molecule has 15 heavy (non-hydrogen) atoms. The van der Waals surface area contributed by atoms with Gasteiger partial charge in [0.25, 0.3) is 0 Å². The molecule has 3 nitrogen and oxygen atoms in total. The summed E-state index contributed by atoms with van der Waals surface area (Å²) < 4.78 is 24.1. The average molecular weight is 279 g/mol. The Balaban J connectivity index is 3.49. The van der Waals surface area contributed by atoms with E-state index in [1.807, 2.05) is 0 Å². The van der Waals surface area contributed by atoms with Crippen LogP contribution in [0.5, 0.6) is 11.5 Å². The molecule has 0 aliphatic rings. The third-order valence-electron chi connectivity index (χ3n) is 2.00. The molecular weight excluding hydrogens is 267 g/mol. The van der Waals surface area contributed by atoms with Gasteiger partial charge in [0.2, 0.25) is 0 Å². The summed E-state index contributed by atoms with van der Waals surface area (Å²) in [5, 5.41) is 9.44. The molecule has 0 radical (unpaired) electrons. The van der Waals surface area contributed by atoms with Crippen LogP contribution in [0, 0.1) is 5.82 Å². The Labute approximate surface area is 95.9 Å². The van der Waals surface area contributed by atoms with Crippen LogP contribution in [0.15, 0.2) is 10.5 Å². The number of aliphatic hydroxyl groups is 1. The smallest absolute Gasteiger partial charge is 0.175 e. The maximum Gasteiger partial charge on any atom is 0.175 e. The molecule has 0 saturated carbocycles. The number of benzene rings is 1. The Kier molecular flexibility index (Phi) is 3.93. The number of hydrogen-bond acceptors (Lipinski definition) is 3. The lowest BCUT2D eigenvalue weighted by molar-refractivity contribution is 0.187. The first-order valence-electron chi connectivity index (χ1n) is 4.30. The second-order valence-electron chi connectivity index (χ2n) is 3.00. The van der Waals surface area contributed by atoms with E-state index in [9.17, 15) is 9.50 Å². The first-order chi connectivity index (χ1) is 7.02. The molecule has 1 aromatic rings. The van der Waals surface area contributed by atoms with Crippen molar-refractivity contribution in [3.63, 3.8) is 0 Å². The van der Waals surface area contributed by atoms with Gasteiger partial charge in [-0.15, -0.1) is 0 Å². The van der Waals surface area contributed by atoms with E-state index in [-0.39, 0.29) is 11.3 Å². The van der Waals surface area contributed by atoms with Crippen LogP contribution < -0.4 is 9.47 Å². The molecule has 0 heterocycles. The van der Waals surface area contributed by atoms with E-state index < -0.39 is 11.9 Å². The highest BCUT2D eigenvalue weighted by Crippen LogP contribution is 2.41. The van der Waals surface area contributed by atoms with Crippen molar-refractivity contribution in [2.45, 2.75) is 13.0 Å². The first-order valence-corrected chi connectivity index (χ1v) is 5.10. The lowest BCUT2D eigenvalue weighted by Crippen LogP contribution is -2.03. The summed E-state index contributed by atoms with van der Waals surface area (Å²) in [6.45, 7) is 1.47. The summed E-state index contributed by atoms with van der Waals surface area (Å²) in [6.07, 6.45) is -0.957. The van der Waals surface area contributed by atoms with Gasteiger partial charge >= 0.3 is 0 Å². The first kappa shape index (κ1) is 12.3. The molecule has 0 aliphatic heterocycles. The highest BCUT2D eigenvalue weighted by atomic mass is 79.9. The zero-order chi connectivity index (χ0) is 11.6. The van der Waals surface area contributed by atoms with Gasteiger partial charge in [-0.1, -0.05) is 0 Å². The highest BCUT2D eigenvalue weighted by molar-refractivity contribution is 9.10. The number of aliphatic hydroxyl groups excluding tert-OH is 1. The predicted molar refractivity (Wildman–Crippen MR) is 57.8 cm³/mol. The molecule has 5 heteroatoms. The van der Waals surface area contributed by atoms with E-state index in [4.69, 9.17) is 9.47 Å². The third-order valence-corrected chi connectivity index (χ3v) is 2.59. The molecule has 1 unspecified atom stereocenters. The van der Waals surface area contributed by atoms with E-state index in [1.165, 1.54) is 27.2 Å². The quantitative estimate of drug-likeness (QED) is 0.924. The Morgan fingerprint density at radius 2 is 1.87 bits per heavy atom. The Morgan fingerprint density at radius 1 is 1.33 bits per heavy atom. The molecule has 0 saturated heterocycles. The largest absolute Gasteiger partial charge is 0.492 e. The lowest BCUT2D eigenvalue weighted by atomic mass is 10.1. The minimum atomic E-state index is -0.957. The summed E-state index contributed by atoms with van der Waals surface area (Å²) in [6, 6.07) is 1.24. The van der Waals surface area contributed by atoms with Crippen molar-refractivity contribution in [2.75, 3.05) is 14.2 Å². The molecule has 0 amide bonds. The average Bonchev–Trinajstić information content (AvgIpc) is 2.15. The number of ether oxygens (including phenoxy) is 2. The summed E-state index contributed by atoms with van der Waals surface area (Å²) in [4.78, 5) is 0. The maximum absolute atomic E-state index is 13.5. The summed E-state index contributed by atoms with van der Waals surface area (Å²) in [5.74, 6) is 0.0451. The van der Waals surface area contributed by atoms with Crippen molar-refractivity contribution >= 4 is 15.9 Å². The standard InChI is InChI=1S/C10H12BrFO3/c1-5(13)8-7(12)4-6(11)9(14-2)10(8)15-3/h4-5,13H,1-3H3. The van der Waals surface area contributed by atoms with Gasteiger partial charge in [0.05, 0.1) is 30.4 Å². The minimum absolute atomic E-state index is 0.0950. The van der Waals surface area contributed by atoms with Gasteiger partial charge < -0.3 is 14.6 Å². The van der Waals surface area contributed by atoms with E-state index >= 15 is 0 Å². The fourth-order valence-corrected chi connectivity index (χ4v) is 1.92. The number of rotatable bonds is 3. The van der Waals surface area contributed by atoms with Crippen molar-refractivity contribution in [3.05, 3.63) is 21.9 Å². The molecule has 1 atom stereocenters. The zero-order valence-corrected chi connectivity index (χ0v) is 10.3. The molecule has 0 aliphatic carbocycles. The van der Waals surface area contributed by atoms with Gasteiger partial charge in [-0.05, 0) is 28.9 Å². The fraction of sp³-hybridized carbons (Fsp3) is 0.400. The number of hydrogen-bond donors (Lipinski definition) is 1. The van der Waals surface area contributed by atoms with Crippen LogP contribution in [-0.4, -0.2) is 19.3 Å². The minimum Gasteiger partial charge on any atom is -0.492 e. The molecule has 84 valence electrons. The number of methoxy groups -OCH3 is 2. The molecule has 0 bridgehead atoms. The van der Waals surface area contributed by atoms with Crippen LogP contribution in [0.3, 0.4) is 0 Å². The van der Waals surface area contributed by atoms with E-state index in [2.05, 4.69) is 15.9 Å². The zero-order valence-electron chi connectivity index (χ0n) is 8.67. The van der Waals surface area contributed by atoms with Gasteiger partial charge in [-0.2, -0.15) is 0 Å². The SMILES string of the molecule is COc1c(Br)cc(F)c(C(C)O)c1OC. The van der Waals surface area contributed by atoms with Crippen LogP contribution in [0.25, 0.3) is 0 Å². The molecule has 0 aromatic heterocycles. The molecule has 0 fully saturated rings. The summed E-state index contributed by atoms with van der Waals surface area (Å²) in [7, 11) is 2.85. The van der Waals surface area contributed by atoms with Crippen molar-refractivity contribution in [1.29, 1.82) is 0 Å². The monoisotopic (exact) mass is 278 g/mol. The Morgan fingerprint density at radius 3 is 2.27 bits per heavy atom. The molecule has 1 N–H and O–H groups in total. The van der Waals surface area contributed by atoms with Gasteiger partial charge in [0.1, 0.15) is 5.82 Å². The molecule has 1 rings (SSSR count). The third kappa shape index (κ3) is 2.23. The maximum atomic E-state index is 13.5. The van der Waals surface area contributed by atoms with Crippen molar-refractivity contribution in [2.24, 2.45) is 0 Å². The van der Waals surface area contributed by atoms with E-state index in [1.54, 1.807) is 0 Å². The normalized spacial score (nSPS) is 12.4. The van der Waals surface area contributed by atoms with Crippen molar-refractivity contribution < 1.29 is 19.0 Å². The van der Waals surface area contributed by atoms with Crippen molar-refractivity contribution in [3.8, 4) is 11.5 Å². The number of halogens is 2. The summed E-state index contributed by atoms with van der Waals surface area (Å²) >= 11 is 3.16.